The number of aromatic nitrogens is 3. The Hall–Kier alpha value is -3.92. The summed E-state index contributed by atoms with van der Waals surface area (Å²) >= 11 is 0. The van der Waals surface area contributed by atoms with Crippen molar-refractivity contribution in [2.45, 2.75) is 18.9 Å². The normalized spacial score (nSPS) is 13.5. The largest absolute Gasteiger partial charge is 0.349 e. The molecule has 2 heterocycles. The van der Waals surface area contributed by atoms with E-state index in [0.29, 0.717) is 33.4 Å². The predicted molar refractivity (Wildman–Crippen MR) is 102 cm³/mol. The summed E-state index contributed by atoms with van der Waals surface area (Å²) in [6.45, 7) is 0. The molecule has 0 atom stereocenters. The Labute approximate surface area is 159 Å². The Balaban J connectivity index is 1.57. The summed E-state index contributed by atoms with van der Waals surface area (Å²) < 4.78 is 1.70. The SMILES string of the molecule is N#Cc1cccc(C(=O)c2c[nH]n3c2nc2ccc(C(=O)NC4CC4)cc23)c1. The van der Waals surface area contributed by atoms with Crippen LogP contribution >= 0.6 is 0 Å². The van der Waals surface area contributed by atoms with Crippen molar-refractivity contribution in [3.63, 3.8) is 0 Å². The minimum Gasteiger partial charge on any atom is -0.349 e. The second kappa shape index (κ2) is 6.06. The summed E-state index contributed by atoms with van der Waals surface area (Å²) in [5, 5.41) is 15.1. The third-order valence-electron chi connectivity index (χ3n) is 4.91. The molecule has 0 unspecified atom stereocenters. The second-order valence-electron chi connectivity index (χ2n) is 6.93. The first-order valence-electron chi connectivity index (χ1n) is 8.99. The number of H-pyrrole nitrogens is 1. The van der Waals surface area contributed by atoms with Gasteiger partial charge in [-0.2, -0.15) is 5.26 Å². The third kappa shape index (κ3) is 2.63. The molecule has 136 valence electrons. The van der Waals surface area contributed by atoms with Crippen molar-refractivity contribution >= 4 is 28.4 Å². The lowest BCUT2D eigenvalue weighted by Gasteiger charge is -2.02. The Morgan fingerprint density at radius 3 is 2.82 bits per heavy atom. The van der Waals surface area contributed by atoms with Crippen LogP contribution < -0.4 is 5.32 Å². The van der Waals surface area contributed by atoms with Crippen LogP contribution in [0.25, 0.3) is 16.7 Å². The molecule has 1 aliphatic carbocycles. The minimum absolute atomic E-state index is 0.101. The lowest BCUT2D eigenvalue weighted by Crippen LogP contribution is -2.25. The number of hydrogen-bond donors (Lipinski definition) is 2. The lowest BCUT2D eigenvalue weighted by atomic mass is 10.0. The Kier molecular flexibility index (Phi) is 3.52. The number of carbonyl (C=O) groups excluding carboxylic acids is 2. The van der Waals surface area contributed by atoms with Crippen LogP contribution in [0.3, 0.4) is 0 Å². The summed E-state index contributed by atoms with van der Waals surface area (Å²) in [5.41, 5.74) is 3.73. The predicted octanol–water partition coefficient (Wildman–Crippen LogP) is 2.81. The van der Waals surface area contributed by atoms with Gasteiger partial charge >= 0.3 is 0 Å². The van der Waals surface area contributed by atoms with Gasteiger partial charge in [0.15, 0.2) is 11.4 Å². The first-order chi connectivity index (χ1) is 13.6. The van der Waals surface area contributed by atoms with E-state index in [9.17, 15) is 9.59 Å². The summed E-state index contributed by atoms with van der Waals surface area (Å²) in [4.78, 5) is 29.8. The van der Waals surface area contributed by atoms with Crippen molar-refractivity contribution in [2.75, 3.05) is 0 Å². The van der Waals surface area contributed by atoms with Crippen molar-refractivity contribution in [2.24, 2.45) is 0 Å². The fourth-order valence-electron chi connectivity index (χ4n) is 3.27. The topological polar surface area (TPSA) is 103 Å². The molecule has 2 N–H and O–H groups in total. The monoisotopic (exact) mass is 369 g/mol. The maximum Gasteiger partial charge on any atom is 0.251 e. The fraction of sp³-hybridized carbons (Fsp3) is 0.143. The van der Waals surface area contributed by atoms with Crippen molar-refractivity contribution in [1.82, 2.24) is 19.9 Å². The van der Waals surface area contributed by atoms with Gasteiger partial charge in [0.05, 0.1) is 28.2 Å². The Bertz CT molecular complexity index is 1300. The lowest BCUT2D eigenvalue weighted by molar-refractivity contribution is 0.0950. The number of amides is 1. The molecule has 1 saturated carbocycles. The molecule has 5 rings (SSSR count). The number of nitriles is 1. The van der Waals surface area contributed by atoms with Crippen molar-refractivity contribution in [1.29, 1.82) is 5.26 Å². The van der Waals surface area contributed by atoms with Gasteiger partial charge in [-0.15, -0.1) is 0 Å². The van der Waals surface area contributed by atoms with E-state index in [4.69, 9.17) is 5.26 Å². The highest BCUT2D eigenvalue weighted by Gasteiger charge is 2.24. The quantitative estimate of drug-likeness (QED) is 0.540. The van der Waals surface area contributed by atoms with Crippen LogP contribution in [-0.4, -0.2) is 32.3 Å². The number of fused-ring (bicyclic) bond motifs is 3. The molecular formula is C21H15N5O2. The van der Waals surface area contributed by atoms with E-state index in [1.165, 1.54) is 0 Å². The van der Waals surface area contributed by atoms with Crippen LogP contribution in [0.4, 0.5) is 0 Å². The van der Waals surface area contributed by atoms with Gasteiger partial charge in [0.2, 0.25) is 0 Å². The van der Waals surface area contributed by atoms with E-state index in [2.05, 4.69) is 15.4 Å². The number of nitrogens with zero attached hydrogens (tertiary/aromatic N) is 3. The number of benzene rings is 2. The van der Waals surface area contributed by atoms with Crippen LogP contribution in [0.5, 0.6) is 0 Å². The van der Waals surface area contributed by atoms with Crippen molar-refractivity contribution in [3.05, 3.63) is 70.9 Å². The van der Waals surface area contributed by atoms with Gasteiger partial charge in [-0.05, 0) is 43.2 Å². The van der Waals surface area contributed by atoms with Crippen LogP contribution in [0.2, 0.25) is 0 Å². The van der Waals surface area contributed by atoms with E-state index in [-0.39, 0.29) is 17.7 Å². The molecule has 0 aliphatic heterocycles. The summed E-state index contributed by atoms with van der Waals surface area (Å²) in [6, 6.07) is 14.2. The van der Waals surface area contributed by atoms with Gasteiger partial charge in [0.1, 0.15) is 0 Å². The molecule has 1 aliphatic rings. The molecule has 4 aromatic rings. The Morgan fingerprint density at radius 2 is 2.04 bits per heavy atom. The zero-order valence-electron chi connectivity index (χ0n) is 14.8. The number of carbonyl (C=O) groups is 2. The van der Waals surface area contributed by atoms with Crippen molar-refractivity contribution < 1.29 is 9.59 Å². The number of aromatic amines is 1. The first-order valence-corrected chi connectivity index (χ1v) is 8.99. The zero-order chi connectivity index (χ0) is 19.3. The average molecular weight is 369 g/mol. The van der Waals surface area contributed by atoms with E-state index in [1.807, 2.05) is 6.07 Å². The van der Waals surface area contributed by atoms with Crippen LogP contribution in [0, 0.1) is 11.3 Å². The van der Waals surface area contributed by atoms with Gasteiger partial charge in [0, 0.05) is 23.4 Å². The maximum absolute atomic E-state index is 12.9. The molecule has 0 spiro atoms. The standard InChI is InChI=1S/C21H15N5O2/c22-10-12-2-1-3-13(8-12)19(27)16-11-23-26-18-9-14(21(28)24-15-5-6-15)4-7-17(18)25-20(16)26/h1-4,7-9,11,15,23H,5-6H2,(H,24,28). The van der Waals surface area contributed by atoms with Crippen LogP contribution in [-0.2, 0) is 0 Å². The zero-order valence-corrected chi connectivity index (χ0v) is 14.8. The summed E-state index contributed by atoms with van der Waals surface area (Å²) in [6.07, 6.45) is 3.65. The first kappa shape index (κ1) is 16.3. The maximum atomic E-state index is 12.9. The highest BCUT2D eigenvalue weighted by Crippen LogP contribution is 2.24. The van der Waals surface area contributed by atoms with E-state index < -0.39 is 0 Å². The Morgan fingerprint density at radius 1 is 1.18 bits per heavy atom. The highest BCUT2D eigenvalue weighted by molar-refractivity contribution is 6.13. The van der Waals surface area contributed by atoms with Gasteiger partial charge in [0.25, 0.3) is 5.91 Å². The van der Waals surface area contributed by atoms with E-state index in [1.54, 1.807) is 53.2 Å². The molecule has 7 heteroatoms. The minimum atomic E-state index is -0.217. The molecule has 7 nitrogen and oxygen atoms in total. The molecule has 1 amide bonds. The average Bonchev–Trinajstić information content (AvgIpc) is 3.32. The van der Waals surface area contributed by atoms with Gasteiger partial charge in [-0.25, -0.2) is 9.50 Å². The number of nitrogens with one attached hydrogen (secondary N) is 2. The molecule has 0 saturated heterocycles. The molecular weight excluding hydrogens is 354 g/mol. The number of ketones is 1. The van der Waals surface area contributed by atoms with E-state index >= 15 is 0 Å². The summed E-state index contributed by atoms with van der Waals surface area (Å²) in [7, 11) is 0. The van der Waals surface area contributed by atoms with Gasteiger partial charge < -0.3 is 5.32 Å². The molecule has 1 fully saturated rings. The number of rotatable bonds is 4. The molecule has 0 bridgehead atoms. The van der Waals surface area contributed by atoms with E-state index in [0.717, 1.165) is 18.4 Å². The molecule has 2 aromatic carbocycles. The number of imidazole rings is 1. The van der Waals surface area contributed by atoms with Crippen LogP contribution in [0.1, 0.15) is 44.7 Å². The molecule has 0 radical (unpaired) electrons. The van der Waals surface area contributed by atoms with Crippen molar-refractivity contribution in [3.8, 4) is 6.07 Å². The van der Waals surface area contributed by atoms with Crippen LogP contribution in [0.15, 0.2) is 48.7 Å². The highest BCUT2D eigenvalue weighted by atomic mass is 16.1. The third-order valence-corrected chi connectivity index (χ3v) is 4.91. The smallest absolute Gasteiger partial charge is 0.251 e. The molecule has 28 heavy (non-hydrogen) atoms. The van der Waals surface area contributed by atoms with Gasteiger partial charge in [-0.3, -0.25) is 14.7 Å². The van der Waals surface area contributed by atoms with Gasteiger partial charge in [-0.1, -0.05) is 12.1 Å². The summed E-state index contributed by atoms with van der Waals surface area (Å²) in [5.74, 6) is -0.319. The second-order valence-corrected chi connectivity index (χ2v) is 6.93. The molecule has 2 aromatic heterocycles. The number of hydrogen-bond acceptors (Lipinski definition) is 4. The fourth-order valence-corrected chi connectivity index (χ4v) is 3.27.